The van der Waals surface area contributed by atoms with Gasteiger partial charge in [-0.1, -0.05) is 37.6 Å². The molecule has 0 atom stereocenters. The predicted octanol–water partition coefficient (Wildman–Crippen LogP) is 5.04. The molecule has 0 bridgehead atoms. The van der Waals surface area contributed by atoms with Crippen LogP contribution in [0.2, 0.25) is 5.02 Å². The maximum Gasteiger partial charge on any atom is 0.150 e. The summed E-state index contributed by atoms with van der Waals surface area (Å²) >= 11 is 9.66. The van der Waals surface area contributed by atoms with E-state index in [0.717, 1.165) is 23.1 Å². The number of aromatic nitrogens is 1. The fraction of sp³-hybridized carbons (Fsp3) is 0.312. The molecule has 1 N–H and O–H groups in total. The van der Waals surface area contributed by atoms with Crippen LogP contribution in [0.15, 0.2) is 41.1 Å². The Kier molecular flexibility index (Phi) is 6.03. The zero-order chi connectivity index (χ0) is 15.2. The first-order valence-corrected chi connectivity index (χ1v) is 8.00. The highest BCUT2D eigenvalue weighted by atomic mass is 79.9. The van der Waals surface area contributed by atoms with Gasteiger partial charge in [-0.3, -0.25) is 4.98 Å². The summed E-state index contributed by atoms with van der Waals surface area (Å²) in [6.45, 7) is 6.02. The number of benzene rings is 1. The summed E-state index contributed by atoms with van der Waals surface area (Å²) in [5, 5.41) is 4.00. The smallest absolute Gasteiger partial charge is 0.150 e. The minimum Gasteiger partial charge on any atom is -0.454 e. The van der Waals surface area contributed by atoms with Crippen molar-refractivity contribution in [2.24, 2.45) is 5.92 Å². The van der Waals surface area contributed by atoms with Gasteiger partial charge in [0.15, 0.2) is 5.75 Å². The van der Waals surface area contributed by atoms with Gasteiger partial charge in [0.1, 0.15) is 5.75 Å². The van der Waals surface area contributed by atoms with E-state index in [1.807, 2.05) is 24.3 Å². The largest absolute Gasteiger partial charge is 0.454 e. The molecular weight excluding hydrogens is 352 g/mol. The van der Waals surface area contributed by atoms with Crippen molar-refractivity contribution < 1.29 is 4.74 Å². The van der Waals surface area contributed by atoms with E-state index in [1.165, 1.54) is 0 Å². The van der Waals surface area contributed by atoms with Crippen LogP contribution in [0, 0.1) is 5.92 Å². The first kappa shape index (κ1) is 16.3. The van der Waals surface area contributed by atoms with Gasteiger partial charge in [-0.25, -0.2) is 0 Å². The van der Waals surface area contributed by atoms with Crippen molar-refractivity contribution in [3.63, 3.8) is 0 Å². The lowest BCUT2D eigenvalue weighted by Crippen LogP contribution is -2.19. The third-order valence-corrected chi connectivity index (χ3v) is 3.55. The summed E-state index contributed by atoms with van der Waals surface area (Å²) in [6.07, 6.45) is 3.38. The summed E-state index contributed by atoms with van der Waals surface area (Å²) in [4.78, 5) is 4.09. The Morgan fingerprint density at radius 3 is 2.86 bits per heavy atom. The maximum atomic E-state index is 6.28. The van der Waals surface area contributed by atoms with Crippen molar-refractivity contribution in [1.82, 2.24) is 10.3 Å². The lowest BCUT2D eigenvalue weighted by atomic mass is 10.1. The van der Waals surface area contributed by atoms with Crippen molar-refractivity contribution in [3.05, 3.63) is 51.7 Å². The third kappa shape index (κ3) is 4.99. The quantitative estimate of drug-likeness (QED) is 0.775. The molecule has 5 heteroatoms. The Bertz CT molecular complexity index is 605. The molecule has 0 aliphatic heterocycles. The second kappa shape index (κ2) is 7.78. The molecule has 1 heterocycles. The van der Waals surface area contributed by atoms with E-state index < -0.39 is 0 Å². The first-order chi connectivity index (χ1) is 10.1. The van der Waals surface area contributed by atoms with Gasteiger partial charge in [0, 0.05) is 22.8 Å². The van der Waals surface area contributed by atoms with Gasteiger partial charge < -0.3 is 10.1 Å². The second-order valence-corrected chi connectivity index (χ2v) is 6.52. The third-order valence-electron chi connectivity index (χ3n) is 2.82. The van der Waals surface area contributed by atoms with Crippen LogP contribution in [-0.2, 0) is 6.54 Å². The van der Waals surface area contributed by atoms with Gasteiger partial charge in [-0.05, 0) is 40.5 Å². The van der Waals surface area contributed by atoms with Crippen LogP contribution in [0.3, 0.4) is 0 Å². The summed E-state index contributed by atoms with van der Waals surface area (Å²) < 4.78 is 6.78. The van der Waals surface area contributed by atoms with Crippen LogP contribution in [0.5, 0.6) is 11.5 Å². The highest BCUT2D eigenvalue weighted by Crippen LogP contribution is 2.33. The molecule has 0 aliphatic carbocycles. The minimum atomic E-state index is 0.596. The zero-order valence-electron chi connectivity index (χ0n) is 12.1. The topological polar surface area (TPSA) is 34.1 Å². The monoisotopic (exact) mass is 368 g/mol. The van der Waals surface area contributed by atoms with Crippen molar-refractivity contribution in [3.8, 4) is 11.5 Å². The zero-order valence-corrected chi connectivity index (χ0v) is 14.4. The van der Waals surface area contributed by atoms with E-state index >= 15 is 0 Å². The molecule has 0 saturated carbocycles. The highest BCUT2D eigenvalue weighted by molar-refractivity contribution is 9.10. The number of para-hydroxylation sites is 1. The molecule has 0 unspecified atom stereocenters. The number of nitrogens with zero attached hydrogens (tertiary/aromatic N) is 1. The van der Waals surface area contributed by atoms with Crippen LogP contribution in [0.25, 0.3) is 0 Å². The molecule has 0 spiro atoms. The number of nitrogens with one attached hydrogen (secondary N) is 1. The summed E-state index contributed by atoms with van der Waals surface area (Å²) in [6, 6.07) is 7.64. The molecule has 112 valence electrons. The van der Waals surface area contributed by atoms with Crippen molar-refractivity contribution in [2.45, 2.75) is 20.4 Å². The molecule has 0 aliphatic rings. The Balaban J connectivity index is 2.17. The lowest BCUT2D eigenvalue weighted by molar-refractivity contribution is 0.467. The Morgan fingerprint density at radius 2 is 2.14 bits per heavy atom. The molecule has 3 nitrogen and oxygen atoms in total. The molecule has 2 aromatic rings. The maximum absolute atomic E-state index is 6.28. The average molecular weight is 370 g/mol. The molecule has 21 heavy (non-hydrogen) atoms. The van der Waals surface area contributed by atoms with Crippen molar-refractivity contribution in [2.75, 3.05) is 6.54 Å². The van der Waals surface area contributed by atoms with Gasteiger partial charge in [0.2, 0.25) is 0 Å². The van der Waals surface area contributed by atoms with Crippen molar-refractivity contribution >= 4 is 27.5 Å². The predicted molar refractivity (Wildman–Crippen MR) is 90.0 cm³/mol. The standard InChI is InChI=1S/C16H18BrClN2O/c1-11(2)7-19-8-12-4-3-5-15(18)16(12)21-14-6-13(17)9-20-10-14/h3-6,9-11,19H,7-8H2,1-2H3. The second-order valence-electron chi connectivity index (χ2n) is 5.19. The number of hydrogen-bond donors (Lipinski definition) is 1. The summed E-state index contributed by atoms with van der Waals surface area (Å²) in [7, 11) is 0. The summed E-state index contributed by atoms with van der Waals surface area (Å²) in [5.41, 5.74) is 1.03. The highest BCUT2D eigenvalue weighted by Gasteiger charge is 2.10. The molecule has 0 saturated heterocycles. The van der Waals surface area contributed by atoms with Gasteiger partial charge in [-0.15, -0.1) is 0 Å². The Morgan fingerprint density at radius 1 is 1.33 bits per heavy atom. The number of hydrogen-bond acceptors (Lipinski definition) is 3. The normalized spacial score (nSPS) is 10.9. The minimum absolute atomic E-state index is 0.596. The van der Waals surface area contributed by atoms with E-state index in [2.05, 4.69) is 40.1 Å². The molecule has 2 rings (SSSR count). The fourth-order valence-corrected chi connectivity index (χ4v) is 2.45. The van der Waals surface area contributed by atoms with Crippen LogP contribution >= 0.6 is 27.5 Å². The van der Waals surface area contributed by atoms with Gasteiger partial charge in [0.05, 0.1) is 11.2 Å². The molecule has 0 amide bonds. The van der Waals surface area contributed by atoms with E-state index in [-0.39, 0.29) is 0 Å². The Labute approximate surface area is 138 Å². The van der Waals surface area contributed by atoms with Crippen molar-refractivity contribution in [1.29, 1.82) is 0 Å². The average Bonchev–Trinajstić information content (AvgIpc) is 2.42. The van der Waals surface area contributed by atoms with Gasteiger partial charge in [0.25, 0.3) is 0 Å². The molecule has 0 radical (unpaired) electrons. The van der Waals surface area contributed by atoms with Gasteiger partial charge in [-0.2, -0.15) is 0 Å². The first-order valence-electron chi connectivity index (χ1n) is 6.82. The lowest BCUT2D eigenvalue weighted by Gasteiger charge is -2.14. The fourth-order valence-electron chi connectivity index (χ4n) is 1.87. The van der Waals surface area contributed by atoms with Crippen LogP contribution in [-0.4, -0.2) is 11.5 Å². The van der Waals surface area contributed by atoms with E-state index in [4.69, 9.17) is 16.3 Å². The number of rotatable bonds is 6. The molecule has 1 aromatic heterocycles. The number of ether oxygens (including phenoxy) is 1. The van der Waals surface area contributed by atoms with Crippen LogP contribution in [0.1, 0.15) is 19.4 Å². The summed E-state index contributed by atoms with van der Waals surface area (Å²) in [5.74, 6) is 1.93. The SMILES string of the molecule is CC(C)CNCc1cccc(Cl)c1Oc1cncc(Br)c1. The number of pyridine rings is 1. The Hall–Kier alpha value is -1.10. The van der Waals surface area contributed by atoms with E-state index in [0.29, 0.717) is 22.4 Å². The molecular formula is C16H18BrClN2O. The van der Waals surface area contributed by atoms with Crippen LogP contribution in [0.4, 0.5) is 0 Å². The van der Waals surface area contributed by atoms with E-state index in [9.17, 15) is 0 Å². The van der Waals surface area contributed by atoms with Crippen LogP contribution < -0.4 is 10.1 Å². The molecule has 0 fully saturated rings. The molecule has 1 aromatic carbocycles. The van der Waals surface area contributed by atoms with Gasteiger partial charge >= 0.3 is 0 Å². The van der Waals surface area contributed by atoms with E-state index in [1.54, 1.807) is 12.4 Å². The number of halogens is 2.